The molecule has 1 aliphatic heterocycles. The number of carbonyl (C=O) groups is 1. The average molecular weight is 442 g/mol. The molecule has 1 aromatic heterocycles. The van der Waals surface area contributed by atoms with E-state index in [1.54, 1.807) is 29.3 Å². The van der Waals surface area contributed by atoms with Gasteiger partial charge < -0.3 is 14.9 Å². The Balaban J connectivity index is 1.58. The maximum atomic E-state index is 12.8. The molecule has 1 atom stereocenters. The second-order valence-electron chi connectivity index (χ2n) is 6.75. The number of amides is 1. The van der Waals surface area contributed by atoms with Crippen LogP contribution in [0.3, 0.4) is 0 Å². The predicted octanol–water partition coefficient (Wildman–Crippen LogP) is 3.48. The van der Waals surface area contributed by atoms with E-state index in [1.165, 1.54) is 0 Å². The molecule has 5 nitrogen and oxygen atoms in total. The van der Waals surface area contributed by atoms with Crippen LogP contribution >= 0.6 is 23.2 Å². The molecule has 1 aliphatic rings. The molecule has 7 heteroatoms. The summed E-state index contributed by atoms with van der Waals surface area (Å²) in [7, 11) is 0. The van der Waals surface area contributed by atoms with Crippen LogP contribution in [0.1, 0.15) is 29.3 Å². The highest BCUT2D eigenvalue weighted by Crippen LogP contribution is 2.23. The first-order valence-corrected chi connectivity index (χ1v) is 10.4. The summed E-state index contributed by atoms with van der Waals surface area (Å²) in [5, 5.41) is 10.3. The van der Waals surface area contributed by atoms with Gasteiger partial charge in [-0.1, -0.05) is 42.0 Å². The fourth-order valence-corrected chi connectivity index (χ4v) is 3.31. The number of halogens is 2. The van der Waals surface area contributed by atoms with Crippen molar-refractivity contribution in [1.29, 1.82) is 0 Å². The molecule has 2 aromatic rings. The van der Waals surface area contributed by atoms with Crippen molar-refractivity contribution in [3.05, 3.63) is 57.7 Å². The lowest BCUT2D eigenvalue weighted by molar-refractivity contribution is 0.0746. The van der Waals surface area contributed by atoms with Crippen molar-refractivity contribution in [3.63, 3.8) is 0 Å². The summed E-state index contributed by atoms with van der Waals surface area (Å²) in [4.78, 5) is 21.1. The number of nitrogens with zero attached hydrogens (tertiary/aromatic N) is 3. The van der Waals surface area contributed by atoms with E-state index in [0.717, 1.165) is 11.4 Å². The summed E-state index contributed by atoms with van der Waals surface area (Å²) in [5.74, 6) is 11.6. The third-order valence-electron chi connectivity index (χ3n) is 4.69. The van der Waals surface area contributed by atoms with E-state index in [0.29, 0.717) is 48.2 Å². The highest BCUT2D eigenvalue weighted by atomic mass is 35.5. The minimum absolute atomic E-state index is 0.116. The van der Waals surface area contributed by atoms with Gasteiger partial charge in [0.25, 0.3) is 5.91 Å². The maximum absolute atomic E-state index is 12.8. The van der Waals surface area contributed by atoms with Crippen molar-refractivity contribution < 1.29 is 9.90 Å². The Bertz CT molecular complexity index is 1020. The van der Waals surface area contributed by atoms with Crippen LogP contribution < -0.4 is 4.90 Å². The largest absolute Gasteiger partial charge is 0.380 e. The van der Waals surface area contributed by atoms with Crippen LogP contribution in [0.4, 0.5) is 5.82 Å². The quantitative estimate of drug-likeness (QED) is 0.740. The van der Waals surface area contributed by atoms with Gasteiger partial charge in [-0.3, -0.25) is 4.79 Å². The number of hydrogen-bond acceptors (Lipinski definition) is 4. The second-order valence-corrected chi connectivity index (χ2v) is 7.60. The summed E-state index contributed by atoms with van der Waals surface area (Å²) in [6.07, 6.45) is 1.64. The van der Waals surface area contributed by atoms with E-state index in [1.807, 2.05) is 19.1 Å². The summed E-state index contributed by atoms with van der Waals surface area (Å²) in [6, 6.07) is 8.70. The van der Waals surface area contributed by atoms with Gasteiger partial charge in [-0.2, -0.15) is 0 Å². The van der Waals surface area contributed by atoms with Crippen LogP contribution in [-0.2, 0) is 0 Å². The summed E-state index contributed by atoms with van der Waals surface area (Å²) < 4.78 is 0. The number of carbonyl (C=O) groups excluding carboxylic acids is 1. The SMILES string of the molecule is CCC(O)C#CC#Cc1ccc(N2CCN(C(=O)c3cc(Cl)ccc3Cl)CC2)nc1. The molecule has 0 spiro atoms. The van der Waals surface area contributed by atoms with Crippen LogP contribution in [0.5, 0.6) is 0 Å². The van der Waals surface area contributed by atoms with Gasteiger partial charge in [0.15, 0.2) is 0 Å². The lowest BCUT2D eigenvalue weighted by Gasteiger charge is -2.35. The van der Waals surface area contributed by atoms with Gasteiger partial charge in [-0.25, -0.2) is 4.98 Å². The molecule has 0 bridgehead atoms. The van der Waals surface area contributed by atoms with Gasteiger partial charge in [-0.05, 0) is 48.6 Å². The second kappa shape index (κ2) is 10.4. The van der Waals surface area contributed by atoms with Gasteiger partial charge in [-0.15, -0.1) is 0 Å². The molecule has 1 unspecified atom stereocenters. The van der Waals surface area contributed by atoms with Crippen molar-refractivity contribution in [2.45, 2.75) is 19.4 Å². The third kappa shape index (κ3) is 5.68. The number of anilines is 1. The van der Waals surface area contributed by atoms with E-state index in [9.17, 15) is 9.90 Å². The monoisotopic (exact) mass is 441 g/mol. The Hall–Kier alpha value is -2.70. The van der Waals surface area contributed by atoms with Crippen molar-refractivity contribution in [2.24, 2.45) is 0 Å². The van der Waals surface area contributed by atoms with Crippen LogP contribution in [-0.4, -0.2) is 53.2 Å². The Labute approximate surface area is 186 Å². The number of aromatic nitrogens is 1. The zero-order chi connectivity index (χ0) is 21.5. The summed E-state index contributed by atoms with van der Waals surface area (Å²) in [6.45, 7) is 4.34. The lowest BCUT2D eigenvalue weighted by atomic mass is 10.1. The highest BCUT2D eigenvalue weighted by molar-refractivity contribution is 6.35. The number of rotatable bonds is 3. The minimum Gasteiger partial charge on any atom is -0.380 e. The number of aliphatic hydroxyl groups excluding tert-OH is 1. The molecule has 0 aliphatic carbocycles. The van der Waals surface area contributed by atoms with Crippen LogP contribution in [0.2, 0.25) is 10.0 Å². The highest BCUT2D eigenvalue weighted by Gasteiger charge is 2.24. The molecule has 1 amide bonds. The molecular weight excluding hydrogens is 421 g/mol. The standard InChI is InChI=1S/C23H21Cl2N3O2/c1-2-19(29)6-4-3-5-17-7-10-22(26-16-17)27-11-13-28(14-12-27)23(30)20-15-18(24)8-9-21(20)25/h7-10,15-16,19,29H,2,11-14H2,1H3. The van der Waals surface area contributed by atoms with E-state index in [-0.39, 0.29) is 5.91 Å². The van der Waals surface area contributed by atoms with Crippen molar-refractivity contribution in [2.75, 3.05) is 31.1 Å². The number of hydrogen-bond donors (Lipinski definition) is 1. The Morgan fingerprint density at radius 1 is 1.17 bits per heavy atom. The maximum Gasteiger partial charge on any atom is 0.255 e. The van der Waals surface area contributed by atoms with E-state index >= 15 is 0 Å². The zero-order valence-corrected chi connectivity index (χ0v) is 18.0. The smallest absolute Gasteiger partial charge is 0.255 e. The van der Waals surface area contributed by atoms with E-state index in [2.05, 4.69) is 33.6 Å². The predicted molar refractivity (Wildman–Crippen MR) is 120 cm³/mol. The number of piperazine rings is 1. The Morgan fingerprint density at radius 2 is 1.93 bits per heavy atom. The first-order chi connectivity index (χ1) is 14.5. The molecule has 1 aromatic carbocycles. The molecule has 30 heavy (non-hydrogen) atoms. The van der Waals surface area contributed by atoms with E-state index in [4.69, 9.17) is 23.2 Å². The summed E-state index contributed by atoms with van der Waals surface area (Å²) >= 11 is 12.2. The number of pyridine rings is 1. The molecule has 1 N–H and O–H groups in total. The van der Waals surface area contributed by atoms with Gasteiger partial charge in [0.05, 0.1) is 10.6 Å². The van der Waals surface area contributed by atoms with E-state index < -0.39 is 6.10 Å². The molecule has 0 radical (unpaired) electrons. The van der Waals surface area contributed by atoms with Crippen molar-refractivity contribution >= 4 is 34.9 Å². The first-order valence-electron chi connectivity index (χ1n) is 9.63. The summed E-state index contributed by atoms with van der Waals surface area (Å²) in [5.41, 5.74) is 1.18. The van der Waals surface area contributed by atoms with Crippen LogP contribution in [0.15, 0.2) is 36.5 Å². The molecule has 1 fully saturated rings. The Morgan fingerprint density at radius 3 is 2.60 bits per heavy atom. The topological polar surface area (TPSA) is 56.7 Å². The molecule has 3 rings (SSSR count). The molecule has 154 valence electrons. The normalized spacial score (nSPS) is 14.3. The number of benzene rings is 1. The average Bonchev–Trinajstić information content (AvgIpc) is 2.78. The van der Waals surface area contributed by atoms with Crippen LogP contribution in [0, 0.1) is 23.7 Å². The van der Waals surface area contributed by atoms with Crippen molar-refractivity contribution in [1.82, 2.24) is 9.88 Å². The molecule has 2 heterocycles. The fraction of sp³-hybridized carbons (Fsp3) is 0.304. The van der Waals surface area contributed by atoms with Gasteiger partial charge >= 0.3 is 0 Å². The van der Waals surface area contributed by atoms with Crippen LogP contribution in [0.25, 0.3) is 0 Å². The Kier molecular flexibility index (Phi) is 7.60. The first kappa shape index (κ1) is 22.0. The third-order valence-corrected chi connectivity index (χ3v) is 5.26. The van der Waals surface area contributed by atoms with Crippen molar-refractivity contribution in [3.8, 4) is 23.7 Å². The minimum atomic E-state index is -0.639. The fourth-order valence-electron chi connectivity index (χ4n) is 2.94. The molecule has 1 saturated heterocycles. The lowest BCUT2D eigenvalue weighted by Crippen LogP contribution is -2.49. The molecular formula is C23H21Cl2N3O2. The van der Waals surface area contributed by atoms with Gasteiger partial charge in [0, 0.05) is 43.0 Å². The molecule has 0 saturated carbocycles. The zero-order valence-electron chi connectivity index (χ0n) is 16.5. The number of aliphatic hydroxyl groups is 1. The van der Waals surface area contributed by atoms with Gasteiger partial charge in [0.2, 0.25) is 0 Å². The van der Waals surface area contributed by atoms with Gasteiger partial charge in [0.1, 0.15) is 11.9 Å².